The maximum atomic E-state index is 6.29. The van der Waals surface area contributed by atoms with Crippen molar-refractivity contribution in [3.05, 3.63) is 83.7 Å². The topological polar surface area (TPSA) is 34.2 Å². The molecular formula is C23H27N3. The number of piperidine rings is 1. The number of aryl methyl sites for hydroxylation is 1. The Hall–Kier alpha value is -2.52. The Labute approximate surface area is 156 Å². The van der Waals surface area contributed by atoms with Gasteiger partial charge in [-0.15, -0.1) is 0 Å². The van der Waals surface area contributed by atoms with Crippen LogP contribution in [0.1, 0.15) is 42.1 Å². The molecule has 3 heteroatoms. The van der Waals surface area contributed by atoms with Crippen LogP contribution in [0.15, 0.2) is 66.9 Å². The molecule has 0 aliphatic carbocycles. The second-order valence-electron chi connectivity index (χ2n) is 7.28. The van der Waals surface area contributed by atoms with Gasteiger partial charge in [0.1, 0.15) is 0 Å². The van der Waals surface area contributed by atoms with Crippen LogP contribution in [0.4, 0.5) is 5.69 Å². The second-order valence-corrected chi connectivity index (χ2v) is 7.28. The van der Waals surface area contributed by atoms with Crippen LogP contribution in [0.5, 0.6) is 0 Å². The molecular weight excluding hydrogens is 318 g/mol. The Bertz CT molecular complexity index is 874. The number of aromatic nitrogens is 1. The van der Waals surface area contributed by atoms with Gasteiger partial charge >= 0.3 is 0 Å². The van der Waals surface area contributed by atoms with Crippen molar-refractivity contribution in [2.24, 2.45) is 0 Å². The standard InChI is InChI=1S/C23H27N3/c1-18-9-7-10-19(17-18)23(25-14-5-2-6-15-25)22-13-8-16-26(22)21-12-4-3-11-20(21)24/h3-4,7-13,16-17,23H,2,5-6,14-15,24H2,1H3. The van der Waals surface area contributed by atoms with Crippen LogP contribution in [0, 0.1) is 6.92 Å². The highest BCUT2D eigenvalue weighted by Gasteiger charge is 2.26. The van der Waals surface area contributed by atoms with Crippen molar-refractivity contribution in [3.63, 3.8) is 0 Å². The van der Waals surface area contributed by atoms with E-state index in [9.17, 15) is 0 Å². The van der Waals surface area contributed by atoms with E-state index < -0.39 is 0 Å². The lowest BCUT2D eigenvalue weighted by molar-refractivity contribution is 0.183. The summed E-state index contributed by atoms with van der Waals surface area (Å²) in [6.45, 7) is 4.47. The largest absolute Gasteiger partial charge is 0.397 e. The summed E-state index contributed by atoms with van der Waals surface area (Å²) in [7, 11) is 0. The van der Waals surface area contributed by atoms with E-state index >= 15 is 0 Å². The molecule has 26 heavy (non-hydrogen) atoms. The number of benzene rings is 2. The third-order valence-corrected chi connectivity index (χ3v) is 5.37. The monoisotopic (exact) mass is 345 g/mol. The maximum absolute atomic E-state index is 6.29. The van der Waals surface area contributed by atoms with Crippen LogP contribution in [0.2, 0.25) is 0 Å². The average molecular weight is 345 g/mol. The molecule has 0 radical (unpaired) electrons. The van der Waals surface area contributed by atoms with Crippen molar-refractivity contribution >= 4 is 5.69 Å². The van der Waals surface area contributed by atoms with E-state index in [1.54, 1.807) is 0 Å². The highest BCUT2D eigenvalue weighted by molar-refractivity contribution is 5.58. The molecule has 1 saturated heterocycles. The number of likely N-dealkylation sites (tertiary alicyclic amines) is 1. The van der Waals surface area contributed by atoms with E-state index in [1.165, 1.54) is 36.1 Å². The fraction of sp³-hybridized carbons (Fsp3) is 0.304. The Morgan fingerprint density at radius 2 is 1.69 bits per heavy atom. The van der Waals surface area contributed by atoms with Crippen molar-refractivity contribution in [3.8, 4) is 5.69 Å². The summed E-state index contributed by atoms with van der Waals surface area (Å²) in [5.41, 5.74) is 12.1. The number of nitrogen functional groups attached to an aromatic ring is 1. The van der Waals surface area contributed by atoms with Crippen molar-refractivity contribution in [1.82, 2.24) is 9.47 Å². The SMILES string of the molecule is Cc1cccc(C(c2cccn2-c2ccccc2N)N2CCCCC2)c1. The number of hydrogen-bond acceptors (Lipinski definition) is 2. The van der Waals surface area contributed by atoms with Gasteiger partial charge in [-0.3, -0.25) is 4.90 Å². The number of nitrogens with zero attached hydrogens (tertiary/aromatic N) is 2. The molecule has 0 amide bonds. The van der Waals surface area contributed by atoms with Crippen LogP contribution in [0.25, 0.3) is 5.69 Å². The van der Waals surface area contributed by atoms with E-state index in [-0.39, 0.29) is 6.04 Å². The molecule has 3 nitrogen and oxygen atoms in total. The molecule has 1 aliphatic heterocycles. The van der Waals surface area contributed by atoms with Crippen molar-refractivity contribution < 1.29 is 0 Å². The summed E-state index contributed by atoms with van der Waals surface area (Å²) in [6, 6.07) is 21.7. The second kappa shape index (κ2) is 7.38. The molecule has 1 aliphatic rings. The lowest BCUT2D eigenvalue weighted by Crippen LogP contribution is -2.35. The number of nitrogens with two attached hydrogens (primary N) is 1. The summed E-state index contributed by atoms with van der Waals surface area (Å²) in [5.74, 6) is 0. The molecule has 2 heterocycles. The molecule has 2 N–H and O–H groups in total. The summed E-state index contributed by atoms with van der Waals surface area (Å²) in [4.78, 5) is 2.63. The molecule has 1 aromatic heterocycles. The van der Waals surface area contributed by atoms with Crippen LogP contribution in [-0.2, 0) is 0 Å². The molecule has 0 spiro atoms. The maximum Gasteiger partial charge on any atom is 0.0759 e. The van der Waals surface area contributed by atoms with Gasteiger partial charge in [0.05, 0.1) is 17.4 Å². The first-order valence-corrected chi connectivity index (χ1v) is 9.57. The fourth-order valence-electron chi connectivity index (χ4n) is 4.13. The number of para-hydroxylation sites is 2. The molecule has 4 rings (SSSR count). The molecule has 1 unspecified atom stereocenters. The molecule has 0 saturated carbocycles. The highest BCUT2D eigenvalue weighted by Crippen LogP contribution is 2.34. The summed E-state index contributed by atoms with van der Waals surface area (Å²) >= 11 is 0. The third-order valence-electron chi connectivity index (χ3n) is 5.37. The van der Waals surface area contributed by atoms with Gasteiger partial charge in [-0.2, -0.15) is 0 Å². The number of rotatable bonds is 4. The zero-order chi connectivity index (χ0) is 17.9. The van der Waals surface area contributed by atoms with Gasteiger partial charge in [0.15, 0.2) is 0 Å². The Kier molecular flexibility index (Phi) is 4.81. The normalized spacial score (nSPS) is 16.5. The Balaban J connectivity index is 1.83. The summed E-state index contributed by atoms with van der Waals surface area (Å²) in [5, 5.41) is 0. The van der Waals surface area contributed by atoms with E-state index in [1.807, 2.05) is 12.1 Å². The first-order chi connectivity index (χ1) is 12.7. The van der Waals surface area contributed by atoms with Gasteiger partial charge < -0.3 is 10.3 Å². The predicted octanol–water partition coefficient (Wildman–Crippen LogP) is 4.94. The average Bonchev–Trinajstić information content (AvgIpc) is 3.12. The van der Waals surface area contributed by atoms with Crippen molar-refractivity contribution in [2.75, 3.05) is 18.8 Å². The minimum atomic E-state index is 0.254. The van der Waals surface area contributed by atoms with Gasteiger partial charge in [-0.05, 0) is 62.7 Å². The minimum Gasteiger partial charge on any atom is -0.397 e. The Morgan fingerprint density at radius 3 is 2.46 bits per heavy atom. The number of hydrogen-bond donors (Lipinski definition) is 1. The molecule has 1 fully saturated rings. The lowest BCUT2D eigenvalue weighted by atomic mass is 9.97. The molecule has 1 atom stereocenters. The summed E-state index contributed by atoms with van der Waals surface area (Å²) in [6.07, 6.45) is 6.02. The zero-order valence-corrected chi connectivity index (χ0v) is 15.4. The fourth-order valence-corrected chi connectivity index (χ4v) is 4.13. The van der Waals surface area contributed by atoms with E-state index in [0.29, 0.717) is 0 Å². The van der Waals surface area contributed by atoms with E-state index in [0.717, 1.165) is 24.5 Å². The predicted molar refractivity (Wildman–Crippen MR) is 109 cm³/mol. The van der Waals surface area contributed by atoms with Crippen LogP contribution < -0.4 is 5.73 Å². The van der Waals surface area contributed by atoms with Crippen molar-refractivity contribution in [1.29, 1.82) is 0 Å². The zero-order valence-electron chi connectivity index (χ0n) is 15.4. The van der Waals surface area contributed by atoms with Gasteiger partial charge in [0, 0.05) is 11.9 Å². The first kappa shape index (κ1) is 16.9. The smallest absolute Gasteiger partial charge is 0.0759 e. The third kappa shape index (κ3) is 3.27. The van der Waals surface area contributed by atoms with Crippen molar-refractivity contribution in [2.45, 2.75) is 32.2 Å². The molecule has 2 aromatic carbocycles. The van der Waals surface area contributed by atoms with Crippen LogP contribution in [-0.4, -0.2) is 22.6 Å². The Morgan fingerprint density at radius 1 is 0.885 bits per heavy atom. The highest BCUT2D eigenvalue weighted by atomic mass is 15.2. The first-order valence-electron chi connectivity index (χ1n) is 9.57. The number of anilines is 1. The van der Waals surface area contributed by atoms with E-state index in [4.69, 9.17) is 5.73 Å². The minimum absolute atomic E-state index is 0.254. The van der Waals surface area contributed by atoms with Crippen LogP contribution >= 0.6 is 0 Å². The molecule has 134 valence electrons. The van der Waals surface area contributed by atoms with E-state index in [2.05, 4.69) is 71.1 Å². The molecule has 0 bridgehead atoms. The van der Waals surface area contributed by atoms with Gasteiger partial charge in [0.25, 0.3) is 0 Å². The molecule has 3 aromatic rings. The van der Waals surface area contributed by atoms with Crippen LogP contribution in [0.3, 0.4) is 0 Å². The van der Waals surface area contributed by atoms with Gasteiger partial charge in [-0.25, -0.2) is 0 Å². The lowest BCUT2D eigenvalue weighted by Gasteiger charge is -2.36. The van der Waals surface area contributed by atoms with Gasteiger partial charge in [0.2, 0.25) is 0 Å². The quantitative estimate of drug-likeness (QED) is 0.679. The van der Waals surface area contributed by atoms with Gasteiger partial charge in [-0.1, -0.05) is 48.4 Å². The summed E-state index contributed by atoms with van der Waals surface area (Å²) < 4.78 is 2.26.